The van der Waals surface area contributed by atoms with E-state index in [9.17, 15) is 8.42 Å². The number of rotatable bonds is 3. The van der Waals surface area contributed by atoms with Crippen LogP contribution in [0.3, 0.4) is 0 Å². The van der Waals surface area contributed by atoms with Gasteiger partial charge in [0.1, 0.15) is 0 Å². The van der Waals surface area contributed by atoms with E-state index in [1.807, 2.05) is 6.92 Å². The van der Waals surface area contributed by atoms with Gasteiger partial charge in [-0.2, -0.15) is 8.42 Å². The van der Waals surface area contributed by atoms with Crippen LogP contribution in [0.5, 0.6) is 0 Å². The summed E-state index contributed by atoms with van der Waals surface area (Å²) in [6.45, 7) is 1.84. The summed E-state index contributed by atoms with van der Waals surface area (Å²) < 4.78 is 28.5. The zero-order valence-electron chi connectivity index (χ0n) is 5.04. The number of halogens is 1. The van der Waals surface area contributed by atoms with E-state index in [0.29, 0.717) is 6.42 Å². The highest BCUT2D eigenvalue weighted by atomic mass is 79.9. The molecule has 0 fully saturated rings. The van der Waals surface area contributed by atoms with E-state index in [4.69, 9.17) is 4.55 Å². The SMILES string of the molecule is CCC(Br)CS(=O)(=O)O. The molecule has 0 aliphatic carbocycles. The minimum Gasteiger partial charge on any atom is -0.286 e. The first kappa shape index (κ1) is 9.39. The first-order chi connectivity index (χ1) is 3.95. The van der Waals surface area contributed by atoms with Crippen LogP contribution in [0.2, 0.25) is 0 Å². The Bertz CT molecular complexity index is 163. The lowest BCUT2D eigenvalue weighted by molar-refractivity contribution is 0.482. The van der Waals surface area contributed by atoms with Crippen LogP contribution in [-0.2, 0) is 10.1 Å². The zero-order valence-corrected chi connectivity index (χ0v) is 7.44. The van der Waals surface area contributed by atoms with Gasteiger partial charge in [-0.25, -0.2) is 0 Å². The molecule has 0 spiro atoms. The summed E-state index contributed by atoms with van der Waals surface area (Å²) in [4.78, 5) is -0.132. The molecule has 0 aliphatic rings. The van der Waals surface area contributed by atoms with Gasteiger partial charge in [-0.15, -0.1) is 0 Å². The van der Waals surface area contributed by atoms with E-state index in [0.717, 1.165) is 0 Å². The van der Waals surface area contributed by atoms with Crippen LogP contribution in [0, 0.1) is 0 Å². The second-order valence-corrected chi connectivity index (χ2v) is 4.55. The normalized spacial score (nSPS) is 15.4. The molecule has 1 unspecified atom stereocenters. The molecule has 0 saturated heterocycles. The fourth-order valence-corrected chi connectivity index (χ4v) is 2.04. The Morgan fingerprint density at radius 3 is 2.22 bits per heavy atom. The fourth-order valence-electron chi connectivity index (χ4n) is 0.346. The summed E-state index contributed by atoms with van der Waals surface area (Å²) in [7, 11) is -3.78. The summed E-state index contributed by atoms with van der Waals surface area (Å²) in [6, 6.07) is 0. The van der Waals surface area contributed by atoms with E-state index < -0.39 is 10.1 Å². The van der Waals surface area contributed by atoms with Crippen LogP contribution < -0.4 is 0 Å². The average molecular weight is 217 g/mol. The molecule has 0 aromatic rings. The summed E-state index contributed by atoms with van der Waals surface area (Å²) in [5.41, 5.74) is 0. The van der Waals surface area contributed by atoms with Crippen molar-refractivity contribution in [2.24, 2.45) is 0 Å². The van der Waals surface area contributed by atoms with E-state index in [-0.39, 0.29) is 10.6 Å². The molecular weight excluding hydrogens is 208 g/mol. The van der Waals surface area contributed by atoms with Crippen molar-refractivity contribution in [3.63, 3.8) is 0 Å². The van der Waals surface area contributed by atoms with Crippen LogP contribution in [0.4, 0.5) is 0 Å². The third kappa shape index (κ3) is 6.27. The molecular formula is C4H9BrO3S. The summed E-state index contributed by atoms with van der Waals surface area (Å²) in [6.07, 6.45) is 0.694. The topological polar surface area (TPSA) is 54.4 Å². The molecule has 0 radical (unpaired) electrons. The third-order valence-corrected chi connectivity index (χ3v) is 3.06. The average Bonchev–Trinajstić information content (AvgIpc) is 1.62. The van der Waals surface area contributed by atoms with Gasteiger partial charge in [-0.05, 0) is 6.42 Å². The van der Waals surface area contributed by atoms with Crippen molar-refractivity contribution >= 4 is 26.0 Å². The largest absolute Gasteiger partial charge is 0.286 e. The molecule has 0 rings (SSSR count). The predicted molar refractivity (Wildman–Crippen MR) is 39.4 cm³/mol. The highest BCUT2D eigenvalue weighted by Crippen LogP contribution is 2.05. The number of hydrogen-bond acceptors (Lipinski definition) is 2. The fraction of sp³-hybridized carbons (Fsp3) is 1.00. The Morgan fingerprint density at radius 2 is 2.11 bits per heavy atom. The molecule has 1 atom stereocenters. The molecule has 0 aromatic carbocycles. The van der Waals surface area contributed by atoms with Crippen LogP contribution >= 0.6 is 15.9 Å². The van der Waals surface area contributed by atoms with Gasteiger partial charge in [0.25, 0.3) is 10.1 Å². The highest BCUT2D eigenvalue weighted by Gasteiger charge is 2.10. The van der Waals surface area contributed by atoms with Crippen molar-refractivity contribution in [3.05, 3.63) is 0 Å². The number of hydrogen-bond donors (Lipinski definition) is 1. The maximum absolute atomic E-state index is 10.1. The molecule has 9 heavy (non-hydrogen) atoms. The molecule has 0 aliphatic heterocycles. The van der Waals surface area contributed by atoms with Gasteiger partial charge in [0.05, 0.1) is 5.75 Å². The second-order valence-electron chi connectivity index (χ2n) is 1.75. The van der Waals surface area contributed by atoms with Gasteiger partial charge in [-0.1, -0.05) is 22.9 Å². The molecule has 3 nitrogen and oxygen atoms in total. The zero-order chi connectivity index (χ0) is 7.49. The third-order valence-electron chi connectivity index (χ3n) is 0.834. The molecule has 0 amide bonds. The van der Waals surface area contributed by atoms with Crippen molar-refractivity contribution < 1.29 is 13.0 Å². The van der Waals surface area contributed by atoms with E-state index in [1.54, 1.807) is 0 Å². The maximum atomic E-state index is 10.1. The smallest absolute Gasteiger partial charge is 0.265 e. The van der Waals surface area contributed by atoms with Crippen LogP contribution in [0.15, 0.2) is 0 Å². The Morgan fingerprint density at radius 1 is 1.67 bits per heavy atom. The molecule has 0 bridgehead atoms. The van der Waals surface area contributed by atoms with Crippen molar-refractivity contribution in [3.8, 4) is 0 Å². The predicted octanol–water partition coefficient (Wildman–Crippen LogP) is 1.05. The van der Waals surface area contributed by atoms with Gasteiger partial charge >= 0.3 is 0 Å². The van der Waals surface area contributed by atoms with Crippen molar-refractivity contribution in [2.75, 3.05) is 5.75 Å². The number of alkyl halides is 1. The highest BCUT2D eigenvalue weighted by molar-refractivity contribution is 9.09. The van der Waals surface area contributed by atoms with Gasteiger partial charge in [0.2, 0.25) is 0 Å². The summed E-state index contributed by atoms with van der Waals surface area (Å²) in [5, 5.41) is 0. The lowest BCUT2D eigenvalue weighted by atomic mass is 10.4. The Labute approximate surface area is 63.3 Å². The van der Waals surface area contributed by atoms with Crippen molar-refractivity contribution in [1.82, 2.24) is 0 Å². The first-order valence-electron chi connectivity index (χ1n) is 2.55. The summed E-state index contributed by atoms with van der Waals surface area (Å²) in [5.74, 6) is -0.205. The van der Waals surface area contributed by atoms with E-state index in [2.05, 4.69) is 15.9 Å². The van der Waals surface area contributed by atoms with Gasteiger partial charge in [0.15, 0.2) is 0 Å². The molecule has 0 saturated carbocycles. The van der Waals surface area contributed by atoms with Gasteiger partial charge < -0.3 is 0 Å². The van der Waals surface area contributed by atoms with E-state index >= 15 is 0 Å². The monoisotopic (exact) mass is 216 g/mol. The van der Waals surface area contributed by atoms with Crippen molar-refractivity contribution in [2.45, 2.75) is 18.2 Å². The molecule has 0 heterocycles. The lowest BCUT2D eigenvalue weighted by Crippen LogP contribution is -2.13. The van der Waals surface area contributed by atoms with E-state index in [1.165, 1.54) is 0 Å². The standard InChI is InChI=1S/C4H9BrO3S/c1-2-4(5)3-9(6,7)8/h4H,2-3H2,1H3,(H,6,7,8). The Balaban J connectivity index is 3.75. The quantitative estimate of drug-likeness (QED) is 0.567. The Hall–Kier alpha value is 0.390. The van der Waals surface area contributed by atoms with Crippen molar-refractivity contribution in [1.29, 1.82) is 0 Å². The second kappa shape index (κ2) is 3.53. The van der Waals surface area contributed by atoms with Gasteiger partial charge in [-0.3, -0.25) is 4.55 Å². The Kier molecular flexibility index (Phi) is 3.68. The molecule has 5 heteroatoms. The minimum atomic E-state index is -3.78. The summed E-state index contributed by atoms with van der Waals surface area (Å²) >= 11 is 3.07. The van der Waals surface area contributed by atoms with Crippen LogP contribution in [0.1, 0.15) is 13.3 Å². The first-order valence-corrected chi connectivity index (χ1v) is 5.07. The van der Waals surface area contributed by atoms with Crippen LogP contribution in [0.25, 0.3) is 0 Å². The molecule has 0 aromatic heterocycles. The molecule has 1 N–H and O–H groups in total. The minimum absolute atomic E-state index is 0.132. The lowest BCUT2D eigenvalue weighted by Gasteiger charge is -2.00. The molecule has 56 valence electrons. The maximum Gasteiger partial charge on any atom is 0.265 e. The van der Waals surface area contributed by atoms with Gasteiger partial charge in [0, 0.05) is 4.83 Å². The van der Waals surface area contributed by atoms with Crippen LogP contribution in [-0.4, -0.2) is 23.6 Å².